The predicted molar refractivity (Wildman–Crippen MR) is 88.1 cm³/mol. The first-order valence-electron chi connectivity index (χ1n) is 6.92. The van der Waals surface area contributed by atoms with Crippen molar-refractivity contribution in [2.75, 3.05) is 17.2 Å². The van der Waals surface area contributed by atoms with E-state index in [0.29, 0.717) is 17.7 Å². The molecular formula is C14H22N4O3S. The second kappa shape index (κ2) is 9.29. The van der Waals surface area contributed by atoms with Gasteiger partial charge >= 0.3 is 0 Å². The van der Waals surface area contributed by atoms with Gasteiger partial charge in [0, 0.05) is 17.3 Å². The van der Waals surface area contributed by atoms with Crippen LogP contribution in [0.25, 0.3) is 0 Å². The molecule has 0 saturated heterocycles. The molecule has 7 nitrogen and oxygen atoms in total. The number of rotatable bonds is 7. The minimum atomic E-state index is -1.38. The van der Waals surface area contributed by atoms with Crippen molar-refractivity contribution in [1.82, 2.24) is 10.9 Å². The zero-order valence-electron chi connectivity index (χ0n) is 12.4. The van der Waals surface area contributed by atoms with Gasteiger partial charge in [0.05, 0.1) is 0 Å². The van der Waals surface area contributed by atoms with Crippen molar-refractivity contribution in [3.8, 4) is 0 Å². The summed E-state index contributed by atoms with van der Waals surface area (Å²) in [4.78, 5) is 23.5. The van der Waals surface area contributed by atoms with Gasteiger partial charge in [-0.25, -0.2) is 0 Å². The Balaban J connectivity index is 2.42. The number of nitrogens with one attached hydrogen (secondary N) is 2. The number of carbonyl (C=O) groups excluding carboxylic acids is 2. The molecule has 1 aromatic rings. The number of benzene rings is 1. The van der Waals surface area contributed by atoms with Crippen LogP contribution in [0.1, 0.15) is 23.7 Å². The summed E-state index contributed by atoms with van der Waals surface area (Å²) in [5.41, 5.74) is 16.4. The summed E-state index contributed by atoms with van der Waals surface area (Å²) in [5, 5.41) is 9.80. The van der Waals surface area contributed by atoms with Crippen molar-refractivity contribution in [3.63, 3.8) is 0 Å². The van der Waals surface area contributed by atoms with Gasteiger partial charge in [-0.2, -0.15) is 11.8 Å². The third-order valence-electron chi connectivity index (χ3n) is 2.92. The van der Waals surface area contributed by atoms with Crippen LogP contribution in [0.15, 0.2) is 24.3 Å². The van der Waals surface area contributed by atoms with Crippen LogP contribution in [0.5, 0.6) is 0 Å². The number of thioether (sulfide) groups is 1. The Morgan fingerprint density at radius 1 is 1.36 bits per heavy atom. The molecule has 22 heavy (non-hydrogen) atoms. The van der Waals surface area contributed by atoms with E-state index >= 15 is 0 Å². The molecule has 0 aliphatic carbocycles. The molecule has 2 atom stereocenters. The minimum absolute atomic E-state index is 0.304. The lowest BCUT2D eigenvalue weighted by atomic mass is 10.1. The van der Waals surface area contributed by atoms with Crippen molar-refractivity contribution in [1.29, 1.82) is 0 Å². The summed E-state index contributed by atoms with van der Waals surface area (Å²) in [6, 6.07) is 5.63. The summed E-state index contributed by atoms with van der Waals surface area (Å²) < 4.78 is 0. The number of hydrogen-bond acceptors (Lipinski definition) is 6. The van der Waals surface area contributed by atoms with Crippen LogP contribution in [0.3, 0.4) is 0 Å². The number of carbonyl (C=O) groups is 2. The van der Waals surface area contributed by atoms with Crippen LogP contribution >= 0.6 is 11.8 Å². The van der Waals surface area contributed by atoms with E-state index in [4.69, 9.17) is 11.5 Å². The van der Waals surface area contributed by atoms with Crippen LogP contribution in [0.2, 0.25) is 0 Å². The zero-order valence-corrected chi connectivity index (χ0v) is 13.2. The monoisotopic (exact) mass is 326 g/mol. The first kappa shape index (κ1) is 18.3. The molecule has 7 N–H and O–H groups in total. The lowest BCUT2D eigenvalue weighted by Crippen LogP contribution is -2.52. The van der Waals surface area contributed by atoms with E-state index in [9.17, 15) is 14.7 Å². The SMILES string of the molecule is CCSCC[C@@H](N)C(O)C(=O)NNC(=O)c1cccc(N)c1. The second-order valence-electron chi connectivity index (χ2n) is 4.66. The summed E-state index contributed by atoms with van der Waals surface area (Å²) in [7, 11) is 0. The highest BCUT2D eigenvalue weighted by Crippen LogP contribution is 2.07. The molecule has 0 aromatic heterocycles. The van der Waals surface area contributed by atoms with E-state index in [1.165, 1.54) is 6.07 Å². The van der Waals surface area contributed by atoms with Gasteiger partial charge < -0.3 is 16.6 Å². The van der Waals surface area contributed by atoms with Crippen molar-refractivity contribution in [2.24, 2.45) is 5.73 Å². The lowest BCUT2D eigenvalue weighted by Gasteiger charge is -2.18. The Bertz CT molecular complexity index is 513. The molecule has 0 heterocycles. The predicted octanol–water partition coefficient (Wildman–Crippen LogP) is -0.139. The van der Waals surface area contributed by atoms with Gasteiger partial charge in [0.25, 0.3) is 11.8 Å². The smallest absolute Gasteiger partial charge is 0.269 e. The maximum absolute atomic E-state index is 11.8. The van der Waals surface area contributed by atoms with Crippen LogP contribution in [0.4, 0.5) is 5.69 Å². The highest BCUT2D eigenvalue weighted by molar-refractivity contribution is 7.99. The molecular weight excluding hydrogens is 304 g/mol. The Hall–Kier alpha value is -1.77. The topological polar surface area (TPSA) is 130 Å². The van der Waals surface area contributed by atoms with E-state index < -0.39 is 24.0 Å². The second-order valence-corrected chi connectivity index (χ2v) is 6.06. The number of nitrogens with two attached hydrogens (primary N) is 2. The first-order valence-corrected chi connectivity index (χ1v) is 8.08. The minimum Gasteiger partial charge on any atom is -0.399 e. The van der Waals surface area contributed by atoms with Crippen molar-refractivity contribution < 1.29 is 14.7 Å². The van der Waals surface area contributed by atoms with E-state index in [2.05, 4.69) is 10.9 Å². The summed E-state index contributed by atoms with van der Waals surface area (Å²) in [6.45, 7) is 2.02. The third kappa shape index (κ3) is 5.92. The molecule has 122 valence electrons. The van der Waals surface area contributed by atoms with Gasteiger partial charge in [0.1, 0.15) is 6.10 Å². The Morgan fingerprint density at radius 2 is 2.09 bits per heavy atom. The molecule has 0 radical (unpaired) electrons. The molecule has 0 aliphatic rings. The average molecular weight is 326 g/mol. The van der Waals surface area contributed by atoms with Gasteiger partial charge in [-0.15, -0.1) is 0 Å². The fourth-order valence-corrected chi connectivity index (χ4v) is 2.39. The van der Waals surface area contributed by atoms with Crippen LogP contribution in [-0.4, -0.2) is 40.6 Å². The van der Waals surface area contributed by atoms with Gasteiger partial charge in [0.2, 0.25) is 0 Å². The highest BCUT2D eigenvalue weighted by Gasteiger charge is 2.23. The molecule has 1 unspecified atom stereocenters. The van der Waals surface area contributed by atoms with E-state index in [1.54, 1.807) is 30.0 Å². The Kier molecular flexibility index (Phi) is 7.72. The quantitative estimate of drug-likeness (QED) is 0.269. The van der Waals surface area contributed by atoms with Crippen LogP contribution < -0.4 is 22.3 Å². The van der Waals surface area contributed by atoms with Gasteiger partial charge in [-0.05, 0) is 36.1 Å². The molecule has 0 bridgehead atoms. The molecule has 0 fully saturated rings. The van der Waals surface area contributed by atoms with Crippen molar-refractivity contribution >= 4 is 29.3 Å². The molecule has 1 rings (SSSR count). The van der Waals surface area contributed by atoms with Crippen molar-refractivity contribution in [2.45, 2.75) is 25.5 Å². The third-order valence-corrected chi connectivity index (χ3v) is 3.85. The lowest BCUT2D eigenvalue weighted by molar-refractivity contribution is -0.131. The van der Waals surface area contributed by atoms with Crippen molar-refractivity contribution in [3.05, 3.63) is 29.8 Å². The number of aliphatic hydroxyl groups excluding tert-OH is 1. The largest absolute Gasteiger partial charge is 0.399 e. The molecule has 0 aliphatic heterocycles. The molecule has 8 heteroatoms. The van der Waals surface area contributed by atoms with Gasteiger partial charge in [-0.3, -0.25) is 20.4 Å². The number of hydrazine groups is 1. The molecule has 0 spiro atoms. The average Bonchev–Trinajstić information content (AvgIpc) is 2.51. The fraction of sp³-hybridized carbons (Fsp3) is 0.429. The van der Waals surface area contributed by atoms with E-state index in [0.717, 1.165) is 11.5 Å². The number of nitrogen functional groups attached to an aromatic ring is 1. The maximum atomic E-state index is 11.8. The normalized spacial score (nSPS) is 13.2. The summed E-state index contributed by atoms with van der Waals surface area (Å²) >= 11 is 1.68. The number of anilines is 1. The summed E-state index contributed by atoms with van der Waals surface area (Å²) in [5.74, 6) is 0.442. The molecule has 0 saturated carbocycles. The zero-order chi connectivity index (χ0) is 16.5. The molecule has 1 aromatic carbocycles. The number of amides is 2. The van der Waals surface area contributed by atoms with Crippen LogP contribution in [0, 0.1) is 0 Å². The van der Waals surface area contributed by atoms with Gasteiger partial charge in [0.15, 0.2) is 0 Å². The number of aliphatic hydroxyl groups is 1. The first-order chi connectivity index (χ1) is 10.5. The highest BCUT2D eigenvalue weighted by atomic mass is 32.2. The fourth-order valence-electron chi connectivity index (χ4n) is 1.66. The Labute approximate surface area is 133 Å². The molecule has 2 amide bonds. The maximum Gasteiger partial charge on any atom is 0.269 e. The van der Waals surface area contributed by atoms with E-state index in [1.807, 2.05) is 6.92 Å². The number of hydrogen-bond donors (Lipinski definition) is 5. The summed E-state index contributed by atoms with van der Waals surface area (Å²) in [6.07, 6.45) is -0.866. The standard InChI is InChI=1S/C14H22N4O3S/c1-2-22-7-6-11(16)12(19)14(21)18-17-13(20)9-4-3-5-10(15)8-9/h3-5,8,11-12,19H,2,6-7,15-16H2,1H3,(H,17,20)(H,18,21)/t11-,12?/m1/s1. The van der Waals surface area contributed by atoms with Gasteiger partial charge in [-0.1, -0.05) is 13.0 Å². The Morgan fingerprint density at radius 3 is 2.73 bits per heavy atom. The van der Waals surface area contributed by atoms with E-state index in [-0.39, 0.29) is 0 Å². The van der Waals surface area contributed by atoms with Crippen LogP contribution in [-0.2, 0) is 4.79 Å².